The molecule has 205 valence electrons. The van der Waals surface area contributed by atoms with Gasteiger partial charge < -0.3 is 11.4 Å². The van der Waals surface area contributed by atoms with E-state index in [1.54, 1.807) is 0 Å². The third-order valence-electron chi connectivity index (χ3n) is 7.39. The van der Waals surface area contributed by atoms with E-state index in [1.165, 1.54) is 0 Å². The molecule has 0 heterocycles. The van der Waals surface area contributed by atoms with Gasteiger partial charge in [-0.1, -0.05) is 120 Å². The smallest absolute Gasteiger partial charge is 0.629 e. The molecule has 0 spiro atoms. The number of hydrogen-bond acceptors (Lipinski definition) is 3. The van der Waals surface area contributed by atoms with Gasteiger partial charge in [0.15, 0.2) is 0 Å². The predicted octanol–water partition coefficient (Wildman–Crippen LogP) is 7.44. The van der Waals surface area contributed by atoms with Crippen molar-refractivity contribution in [2.24, 2.45) is 0 Å². The minimum absolute atomic E-state index is 0. The summed E-state index contributed by atoms with van der Waals surface area (Å²) in [6.45, 7) is 20.7. The van der Waals surface area contributed by atoms with Crippen LogP contribution in [0.15, 0.2) is 0 Å². The van der Waals surface area contributed by atoms with E-state index in [0.29, 0.717) is 0 Å². The van der Waals surface area contributed by atoms with Crippen molar-refractivity contribution in [1.29, 1.82) is 0 Å². The van der Waals surface area contributed by atoms with Gasteiger partial charge in [-0.25, -0.2) is 0 Å². The van der Waals surface area contributed by atoms with Crippen LogP contribution in [0, 0.1) is 0 Å². The Balaban J connectivity index is 0. The van der Waals surface area contributed by atoms with Gasteiger partial charge in [-0.05, 0) is 57.8 Å². The maximum atomic E-state index is 7.24. The summed E-state index contributed by atoms with van der Waals surface area (Å²) in [4.78, 5) is 0. The molecule has 0 fully saturated rings. The van der Waals surface area contributed by atoms with Gasteiger partial charge in [0.25, 0.3) is 0 Å². The first-order chi connectivity index (χ1) is 16.3. The van der Waals surface area contributed by atoms with E-state index in [1.807, 2.05) is 0 Å². The fourth-order valence-corrected chi connectivity index (χ4v) is 8.87. The fourth-order valence-electron chi connectivity index (χ4n) is 6.44. The number of rotatable bonds is 24. The summed E-state index contributed by atoms with van der Waals surface area (Å²) in [6.07, 6.45) is 20.3. The molecule has 3 nitrogen and oxygen atoms in total. The SMILES string of the molecule is CCCC(CCC)(CCC)[O][Al-]([O]C(CCC)(CCC)CCC)[O]C(CCC)(CCC)CCC.[Li+]. The molecule has 0 rings (SSSR count). The van der Waals surface area contributed by atoms with E-state index in [0.717, 1.165) is 116 Å². The van der Waals surface area contributed by atoms with Crippen LogP contribution in [-0.2, 0) is 11.4 Å². The molecule has 0 saturated heterocycles. The maximum absolute atomic E-state index is 7.24. The zero-order valence-corrected chi connectivity index (χ0v) is 27.2. The molecule has 0 aliphatic carbocycles. The maximum Gasteiger partial charge on any atom is 1.00 e. The summed E-state index contributed by atoms with van der Waals surface area (Å²) >= 11 is -2.39. The van der Waals surface area contributed by atoms with Gasteiger partial charge in [0.1, 0.15) is 0 Å². The van der Waals surface area contributed by atoms with Gasteiger partial charge >= 0.3 is 34.0 Å². The van der Waals surface area contributed by atoms with Gasteiger partial charge in [0.2, 0.25) is 0 Å². The molecule has 0 amide bonds. The molecule has 0 atom stereocenters. The minimum atomic E-state index is -2.39. The summed E-state index contributed by atoms with van der Waals surface area (Å²) in [5.41, 5.74) is -0.286. The Hall–Kier alpha value is 1.01. The predicted molar refractivity (Wildman–Crippen MR) is 151 cm³/mol. The monoisotopic (exact) mass is 505 g/mol. The summed E-state index contributed by atoms with van der Waals surface area (Å²) in [7, 11) is 0. The molecule has 0 aromatic carbocycles. The van der Waals surface area contributed by atoms with E-state index >= 15 is 0 Å². The third kappa shape index (κ3) is 14.1. The van der Waals surface area contributed by atoms with Crippen LogP contribution in [0.2, 0.25) is 0 Å². The van der Waals surface area contributed by atoms with Crippen LogP contribution in [0.4, 0.5) is 0 Å². The van der Waals surface area contributed by atoms with Gasteiger partial charge in [0, 0.05) is 16.8 Å². The van der Waals surface area contributed by atoms with Crippen LogP contribution in [0.1, 0.15) is 178 Å². The first-order valence-electron chi connectivity index (χ1n) is 15.4. The molecule has 0 aliphatic rings. The van der Waals surface area contributed by atoms with Crippen molar-refractivity contribution in [1.82, 2.24) is 0 Å². The summed E-state index contributed by atoms with van der Waals surface area (Å²) in [5.74, 6) is 0. The molecule has 0 N–H and O–H groups in total. The normalized spacial score (nSPS) is 12.9. The zero-order chi connectivity index (χ0) is 25.9. The first kappa shape index (κ1) is 38.2. The molecule has 0 aromatic rings. The Bertz CT molecular complexity index is 357. The van der Waals surface area contributed by atoms with Crippen molar-refractivity contribution in [3.8, 4) is 0 Å². The molecule has 1 radical (unpaired) electrons. The largest absolute Gasteiger partial charge is 1.00 e. The molecule has 0 bridgehead atoms. The Morgan fingerprint density at radius 1 is 0.343 bits per heavy atom. The molecule has 0 aliphatic heterocycles. The number of hydrogen-bond donors (Lipinski definition) is 0. The first-order valence-corrected chi connectivity index (χ1v) is 16.8. The van der Waals surface area contributed by atoms with Crippen molar-refractivity contribution in [2.45, 2.75) is 195 Å². The van der Waals surface area contributed by atoms with E-state index in [9.17, 15) is 0 Å². The molecule has 35 heavy (non-hydrogen) atoms. The van der Waals surface area contributed by atoms with E-state index < -0.39 is 15.1 Å². The van der Waals surface area contributed by atoms with Crippen molar-refractivity contribution in [3.05, 3.63) is 0 Å². The summed E-state index contributed by atoms with van der Waals surface area (Å²) < 4.78 is 21.7. The second-order valence-electron chi connectivity index (χ2n) is 10.9. The molecule has 0 saturated carbocycles. The quantitative estimate of drug-likeness (QED) is 0.128. The Kier molecular flexibility index (Phi) is 23.9. The van der Waals surface area contributed by atoms with Crippen molar-refractivity contribution in [3.63, 3.8) is 0 Å². The second kappa shape index (κ2) is 21.9. The van der Waals surface area contributed by atoms with Gasteiger partial charge in [0.05, 0.1) is 0 Å². The molecule has 5 heteroatoms. The topological polar surface area (TPSA) is 27.7 Å². The fraction of sp³-hybridized carbons (Fsp3) is 1.00. The van der Waals surface area contributed by atoms with Crippen molar-refractivity contribution >= 4 is 15.1 Å². The third-order valence-corrected chi connectivity index (χ3v) is 9.47. The van der Waals surface area contributed by atoms with E-state index in [2.05, 4.69) is 62.3 Å². The summed E-state index contributed by atoms with van der Waals surface area (Å²) in [6, 6.07) is 0. The molecule has 0 unspecified atom stereocenters. The van der Waals surface area contributed by atoms with Crippen molar-refractivity contribution < 1.29 is 30.2 Å². The Morgan fingerprint density at radius 2 is 0.486 bits per heavy atom. The van der Waals surface area contributed by atoms with Crippen LogP contribution in [0.3, 0.4) is 0 Å². The van der Waals surface area contributed by atoms with E-state index in [4.69, 9.17) is 11.4 Å². The second-order valence-corrected chi connectivity index (χ2v) is 12.2. The van der Waals surface area contributed by atoms with Crippen LogP contribution >= 0.6 is 0 Å². The molecular weight excluding hydrogens is 442 g/mol. The van der Waals surface area contributed by atoms with Crippen LogP contribution in [0.25, 0.3) is 0 Å². The van der Waals surface area contributed by atoms with Crippen LogP contribution < -0.4 is 18.9 Å². The Labute approximate surface area is 239 Å². The Morgan fingerprint density at radius 3 is 0.600 bits per heavy atom. The average molecular weight is 506 g/mol. The molecule has 0 aromatic heterocycles. The molecular formula is C30H63AlLiO3. The minimum Gasteiger partial charge on any atom is -0.629 e. The van der Waals surface area contributed by atoms with Crippen LogP contribution in [0.5, 0.6) is 0 Å². The van der Waals surface area contributed by atoms with Crippen LogP contribution in [-0.4, -0.2) is 32.0 Å². The average Bonchev–Trinajstić information content (AvgIpc) is 2.75. The zero-order valence-electron chi connectivity index (χ0n) is 26.0. The van der Waals surface area contributed by atoms with Crippen molar-refractivity contribution in [2.75, 3.05) is 0 Å². The standard InChI is InChI=1S/3C10H21O.Al.Li/c3*1-4-7-10(11,8-5-2)9-6-3;;/h3*4-9H2,1-3H3;;/q3*-1;+2;+1. The van der Waals surface area contributed by atoms with Gasteiger partial charge in [-0.2, -0.15) is 0 Å². The summed E-state index contributed by atoms with van der Waals surface area (Å²) in [5, 5.41) is 0. The van der Waals surface area contributed by atoms with Gasteiger partial charge in [-0.3, -0.25) is 0 Å². The van der Waals surface area contributed by atoms with E-state index in [-0.39, 0.29) is 35.7 Å². The van der Waals surface area contributed by atoms with Gasteiger partial charge in [-0.15, -0.1) is 0 Å².